The number of nitrogens with zero attached hydrogens (tertiary/aromatic N) is 2. The van der Waals surface area contributed by atoms with Crippen LogP contribution in [0.3, 0.4) is 0 Å². The number of halogens is 1. The average molecular weight is 480 g/mol. The third kappa shape index (κ3) is 9.39. The maximum Gasteiger partial charge on any atom is 0.244 e. The van der Waals surface area contributed by atoms with E-state index in [1.807, 2.05) is 11.8 Å². The van der Waals surface area contributed by atoms with Crippen LogP contribution in [0.5, 0.6) is 0 Å². The Balaban J connectivity index is 0.00000338. The van der Waals surface area contributed by atoms with Crippen molar-refractivity contribution < 1.29 is 9.53 Å². The summed E-state index contributed by atoms with van der Waals surface area (Å²) < 4.78 is 5.94. The minimum absolute atomic E-state index is 0. The molecule has 0 aromatic heterocycles. The number of rotatable bonds is 8. The predicted octanol–water partition coefficient (Wildman–Crippen LogP) is 2.91. The maximum absolute atomic E-state index is 12.2. The number of hydrogen-bond donors (Lipinski definition) is 2. The molecule has 1 heterocycles. The van der Waals surface area contributed by atoms with E-state index < -0.39 is 0 Å². The first-order valence-electron chi connectivity index (χ1n) is 10.2. The SMILES string of the molecule is CCNC(=NCC(=O)N1CCCCC1)NCCCOC1CCCCC1.I. The largest absolute Gasteiger partial charge is 0.378 e. The van der Waals surface area contributed by atoms with Crippen molar-refractivity contribution in [2.75, 3.05) is 39.3 Å². The molecule has 1 aliphatic carbocycles. The number of nitrogens with one attached hydrogen (secondary N) is 2. The Morgan fingerprint density at radius 3 is 2.46 bits per heavy atom. The number of carbonyl (C=O) groups excluding carboxylic acids is 1. The molecule has 0 bridgehead atoms. The number of carbonyl (C=O) groups is 1. The lowest BCUT2D eigenvalue weighted by molar-refractivity contribution is -0.130. The molecule has 0 atom stereocenters. The van der Waals surface area contributed by atoms with Gasteiger partial charge in [0.15, 0.2) is 5.96 Å². The number of guanidine groups is 1. The zero-order chi connectivity index (χ0) is 17.7. The maximum atomic E-state index is 12.2. The second kappa shape index (κ2) is 14.5. The van der Waals surface area contributed by atoms with Gasteiger partial charge in [-0.15, -0.1) is 24.0 Å². The fourth-order valence-corrected chi connectivity index (χ4v) is 3.49. The molecular formula is C19H37IN4O2. The lowest BCUT2D eigenvalue weighted by Gasteiger charge is -2.26. The van der Waals surface area contributed by atoms with Gasteiger partial charge in [0.25, 0.3) is 0 Å². The van der Waals surface area contributed by atoms with Crippen LogP contribution in [0.15, 0.2) is 4.99 Å². The third-order valence-corrected chi connectivity index (χ3v) is 4.94. The second-order valence-electron chi connectivity index (χ2n) is 7.05. The standard InChI is InChI=1S/C19H36N4O2.HI/c1-2-20-19(22-16-18(24)23-13-7-4-8-14-23)21-12-9-15-25-17-10-5-3-6-11-17;/h17H,2-16H2,1H3,(H2,20,21,22);1H. The average Bonchev–Trinajstić information content (AvgIpc) is 2.67. The minimum atomic E-state index is 0. The molecule has 0 unspecified atom stereocenters. The number of hydrogen-bond acceptors (Lipinski definition) is 3. The van der Waals surface area contributed by atoms with Crippen LogP contribution in [0.25, 0.3) is 0 Å². The van der Waals surface area contributed by atoms with E-state index in [2.05, 4.69) is 15.6 Å². The predicted molar refractivity (Wildman–Crippen MR) is 117 cm³/mol. The monoisotopic (exact) mass is 480 g/mol. The molecule has 1 saturated carbocycles. The molecule has 2 aliphatic rings. The topological polar surface area (TPSA) is 66.0 Å². The van der Waals surface area contributed by atoms with Crippen molar-refractivity contribution in [3.8, 4) is 0 Å². The van der Waals surface area contributed by atoms with Crippen LogP contribution in [0.1, 0.15) is 64.7 Å². The van der Waals surface area contributed by atoms with Crippen molar-refractivity contribution in [2.45, 2.75) is 70.8 Å². The number of ether oxygens (including phenoxy) is 1. The molecular weight excluding hydrogens is 443 g/mol. The zero-order valence-electron chi connectivity index (χ0n) is 16.3. The minimum Gasteiger partial charge on any atom is -0.378 e. The van der Waals surface area contributed by atoms with Crippen LogP contribution in [-0.4, -0.2) is 62.2 Å². The Morgan fingerprint density at radius 1 is 1.08 bits per heavy atom. The van der Waals surface area contributed by atoms with Gasteiger partial charge in [-0.1, -0.05) is 19.3 Å². The molecule has 6 nitrogen and oxygen atoms in total. The van der Waals surface area contributed by atoms with Gasteiger partial charge in [-0.3, -0.25) is 4.79 Å². The van der Waals surface area contributed by atoms with E-state index in [0.29, 0.717) is 6.10 Å². The Morgan fingerprint density at radius 2 is 1.77 bits per heavy atom. The Labute approximate surface area is 175 Å². The Hall–Kier alpha value is -0.570. The van der Waals surface area contributed by atoms with Crippen LogP contribution in [0.4, 0.5) is 0 Å². The summed E-state index contributed by atoms with van der Waals surface area (Å²) in [5.41, 5.74) is 0. The number of piperidine rings is 1. The van der Waals surface area contributed by atoms with Gasteiger partial charge in [0.1, 0.15) is 6.54 Å². The molecule has 26 heavy (non-hydrogen) atoms. The molecule has 2 N–H and O–H groups in total. The van der Waals surface area contributed by atoms with E-state index in [4.69, 9.17) is 4.74 Å². The molecule has 0 spiro atoms. The van der Waals surface area contributed by atoms with E-state index in [1.165, 1.54) is 38.5 Å². The van der Waals surface area contributed by atoms with Crippen molar-refractivity contribution in [1.82, 2.24) is 15.5 Å². The lowest BCUT2D eigenvalue weighted by atomic mass is 9.98. The number of aliphatic imine (C=N–C) groups is 1. The van der Waals surface area contributed by atoms with Crippen LogP contribution >= 0.6 is 24.0 Å². The van der Waals surface area contributed by atoms with Crippen molar-refractivity contribution >= 4 is 35.8 Å². The van der Waals surface area contributed by atoms with Gasteiger partial charge in [-0.25, -0.2) is 4.99 Å². The zero-order valence-corrected chi connectivity index (χ0v) is 18.6. The van der Waals surface area contributed by atoms with Gasteiger partial charge in [0, 0.05) is 32.8 Å². The van der Waals surface area contributed by atoms with Gasteiger partial charge < -0.3 is 20.3 Å². The Bertz CT molecular complexity index is 408. The van der Waals surface area contributed by atoms with Crippen LogP contribution in [0.2, 0.25) is 0 Å². The molecule has 2 fully saturated rings. The van der Waals surface area contributed by atoms with E-state index in [1.54, 1.807) is 0 Å². The summed E-state index contributed by atoms with van der Waals surface area (Å²) in [6.45, 7) is 6.44. The molecule has 0 aromatic rings. The smallest absolute Gasteiger partial charge is 0.244 e. The molecule has 7 heteroatoms. The molecule has 1 saturated heterocycles. The quantitative estimate of drug-likeness (QED) is 0.243. The van der Waals surface area contributed by atoms with Crippen LogP contribution in [-0.2, 0) is 9.53 Å². The van der Waals surface area contributed by atoms with E-state index in [0.717, 1.165) is 58.0 Å². The fraction of sp³-hybridized carbons (Fsp3) is 0.895. The first-order valence-corrected chi connectivity index (χ1v) is 10.2. The van der Waals surface area contributed by atoms with Crippen LogP contribution in [0, 0.1) is 0 Å². The van der Waals surface area contributed by atoms with Crippen molar-refractivity contribution in [1.29, 1.82) is 0 Å². The lowest BCUT2D eigenvalue weighted by Crippen LogP contribution is -2.41. The highest BCUT2D eigenvalue weighted by molar-refractivity contribution is 14.0. The number of amides is 1. The summed E-state index contributed by atoms with van der Waals surface area (Å²) in [5, 5.41) is 6.51. The summed E-state index contributed by atoms with van der Waals surface area (Å²) in [7, 11) is 0. The van der Waals surface area contributed by atoms with E-state index in [9.17, 15) is 4.79 Å². The summed E-state index contributed by atoms with van der Waals surface area (Å²) in [6.07, 6.45) is 11.3. The second-order valence-corrected chi connectivity index (χ2v) is 7.05. The van der Waals surface area contributed by atoms with E-state index >= 15 is 0 Å². The summed E-state index contributed by atoms with van der Waals surface area (Å²) in [5.74, 6) is 0.864. The van der Waals surface area contributed by atoms with Crippen molar-refractivity contribution in [3.05, 3.63) is 0 Å². The molecule has 0 aromatic carbocycles. The van der Waals surface area contributed by atoms with Crippen molar-refractivity contribution in [3.63, 3.8) is 0 Å². The Kier molecular flexibility index (Phi) is 13.1. The first-order chi connectivity index (χ1) is 12.3. The summed E-state index contributed by atoms with van der Waals surface area (Å²) >= 11 is 0. The molecule has 2 rings (SSSR count). The highest BCUT2D eigenvalue weighted by Crippen LogP contribution is 2.20. The summed E-state index contributed by atoms with van der Waals surface area (Å²) in [4.78, 5) is 18.6. The molecule has 1 aliphatic heterocycles. The molecule has 152 valence electrons. The van der Waals surface area contributed by atoms with Gasteiger partial charge in [0.05, 0.1) is 6.10 Å². The normalized spacial score (nSPS) is 19.0. The highest BCUT2D eigenvalue weighted by Gasteiger charge is 2.16. The van der Waals surface area contributed by atoms with Crippen molar-refractivity contribution in [2.24, 2.45) is 4.99 Å². The van der Waals surface area contributed by atoms with Gasteiger partial charge in [-0.2, -0.15) is 0 Å². The van der Waals surface area contributed by atoms with Gasteiger partial charge in [0.2, 0.25) is 5.91 Å². The fourth-order valence-electron chi connectivity index (χ4n) is 3.49. The molecule has 1 amide bonds. The first kappa shape index (κ1) is 23.5. The summed E-state index contributed by atoms with van der Waals surface area (Å²) in [6, 6.07) is 0. The van der Waals surface area contributed by atoms with Gasteiger partial charge >= 0.3 is 0 Å². The van der Waals surface area contributed by atoms with Crippen LogP contribution < -0.4 is 10.6 Å². The molecule has 0 radical (unpaired) electrons. The number of likely N-dealkylation sites (tertiary alicyclic amines) is 1. The highest BCUT2D eigenvalue weighted by atomic mass is 127. The third-order valence-electron chi connectivity index (χ3n) is 4.94. The van der Waals surface area contributed by atoms with Gasteiger partial charge in [-0.05, 0) is 45.4 Å². The van der Waals surface area contributed by atoms with E-state index in [-0.39, 0.29) is 36.4 Å².